The fourth-order valence-electron chi connectivity index (χ4n) is 3.85. The Kier molecular flexibility index (Phi) is 5.88. The lowest BCUT2D eigenvalue weighted by Gasteiger charge is -2.22. The summed E-state index contributed by atoms with van der Waals surface area (Å²) in [6.45, 7) is 0.339. The van der Waals surface area contributed by atoms with Crippen LogP contribution in [0.1, 0.15) is 37.9 Å². The summed E-state index contributed by atoms with van der Waals surface area (Å²) in [5.41, 5.74) is 1.91. The molecule has 1 aromatic heterocycles. The van der Waals surface area contributed by atoms with Gasteiger partial charge in [0.1, 0.15) is 5.82 Å². The van der Waals surface area contributed by atoms with Gasteiger partial charge in [-0.2, -0.15) is 0 Å². The molecule has 2 N–H and O–H groups in total. The topological polar surface area (TPSA) is 87.5 Å². The second-order valence-electron chi connectivity index (χ2n) is 7.10. The number of hydroxylamine groups is 2. The highest BCUT2D eigenvalue weighted by Gasteiger charge is 2.27. The molecule has 26 heavy (non-hydrogen) atoms. The summed E-state index contributed by atoms with van der Waals surface area (Å²) in [6.07, 6.45) is 5.65. The van der Waals surface area contributed by atoms with E-state index >= 15 is 0 Å². The molecule has 1 aliphatic carbocycles. The van der Waals surface area contributed by atoms with Crippen LogP contribution in [0.2, 0.25) is 0 Å². The van der Waals surface area contributed by atoms with E-state index in [2.05, 4.69) is 10.3 Å². The SMILES string of the molecule is Cn1c(CNC(=O)[C@@H](CC2CCCC2)CN(O)C=O)nc2ccccc21. The van der Waals surface area contributed by atoms with E-state index in [0.717, 1.165) is 29.7 Å². The first-order valence-corrected chi connectivity index (χ1v) is 9.17. The Hall–Kier alpha value is -2.41. The third-order valence-electron chi connectivity index (χ3n) is 5.29. The molecule has 0 bridgehead atoms. The van der Waals surface area contributed by atoms with Crippen LogP contribution in [0.5, 0.6) is 0 Å². The van der Waals surface area contributed by atoms with Crippen LogP contribution in [0.25, 0.3) is 11.0 Å². The molecular weight excluding hydrogens is 332 g/mol. The van der Waals surface area contributed by atoms with Gasteiger partial charge in [0, 0.05) is 7.05 Å². The zero-order chi connectivity index (χ0) is 18.5. The second-order valence-corrected chi connectivity index (χ2v) is 7.10. The van der Waals surface area contributed by atoms with Crippen LogP contribution in [0.3, 0.4) is 0 Å². The van der Waals surface area contributed by atoms with Crippen LogP contribution in [0.15, 0.2) is 24.3 Å². The van der Waals surface area contributed by atoms with Gasteiger partial charge in [-0.05, 0) is 24.5 Å². The fraction of sp³-hybridized carbons (Fsp3) is 0.526. The molecule has 1 atom stereocenters. The fourth-order valence-corrected chi connectivity index (χ4v) is 3.85. The van der Waals surface area contributed by atoms with Crippen molar-refractivity contribution < 1.29 is 14.8 Å². The number of aromatic nitrogens is 2. The Morgan fingerprint density at radius 1 is 1.42 bits per heavy atom. The van der Waals surface area contributed by atoms with E-state index in [1.54, 1.807) is 0 Å². The highest BCUT2D eigenvalue weighted by Crippen LogP contribution is 2.30. The molecule has 1 fully saturated rings. The number of hydrogen-bond donors (Lipinski definition) is 2. The van der Waals surface area contributed by atoms with Gasteiger partial charge in [-0.1, -0.05) is 37.8 Å². The van der Waals surface area contributed by atoms with Crippen molar-refractivity contribution in [2.24, 2.45) is 18.9 Å². The summed E-state index contributed by atoms with van der Waals surface area (Å²) < 4.78 is 1.96. The number of aryl methyl sites for hydroxylation is 1. The van der Waals surface area contributed by atoms with Crippen LogP contribution in [0, 0.1) is 11.8 Å². The lowest BCUT2D eigenvalue weighted by molar-refractivity contribution is -0.155. The van der Waals surface area contributed by atoms with Gasteiger partial charge < -0.3 is 9.88 Å². The maximum absolute atomic E-state index is 12.7. The van der Waals surface area contributed by atoms with Gasteiger partial charge in [0.05, 0.1) is 30.0 Å². The molecule has 0 saturated heterocycles. The van der Waals surface area contributed by atoms with Crippen molar-refractivity contribution >= 4 is 23.4 Å². The highest BCUT2D eigenvalue weighted by molar-refractivity contribution is 5.79. The van der Waals surface area contributed by atoms with E-state index in [1.807, 2.05) is 35.9 Å². The van der Waals surface area contributed by atoms with Gasteiger partial charge >= 0.3 is 0 Å². The number of nitrogens with zero attached hydrogens (tertiary/aromatic N) is 3. The Morgan fingerprint density at radius 2 is 2.15 bits per heavy atom. The Balaban J connectivity index is 1.65. The van der Waals surface area contributed by atoms with Crippen molar-refractivity contribution in [2.75, 3.05) is 6.54 Å². The number of imidazole rings is 1. The minimum Gasteiger partial charge on any atom is -0.349 e. The molecule has 0 spiro atoms. The molecule has 3 rings (SSSR count). The predicted molar refractivity (Wildman–Crippen MR) is 97.2 cm³/mol. The van der Waals surface area contributed by atoms with E-state index in [-0.39, 0.29) is 12.5 Å². The molecule has 0 radical (unpaired) electrons. The lowest BCUT2D eigenvalue weighted by Crippen LogP contribution is -2.38. The van der Waals surface area contributed by atoms with Crippen molar-refractivity contribution in [1.82, 2.24) is 19.9 Å². The van der Waals surface area contributed by atoms with E-state index in [1.165, 1.54) is 12.8 Å². The van der Waals surface area contributed by atoms with E-state index < -0.39 is 5.92 Å². The second kappa shape index (κ2) is 8.31. The normalized spacial score (nSPS) is 15.9. The minimum atomic E-state index is -0.414. The van der Waals surface area contributed by atoms with Crippen molar-refractivity contribution in [2.45, 2.75) is 38.6 Å². The highest BCUT2D eigenvalue weighted by atomic mass is 16.5. The van der Waals surface area contributed by atoms with Gasteiger partial charge in [0.25, 0.3) is 0 Å². The molecule has 1 aromatic carbocycles. The average Bonchev–Trinajstić information content (AvgIpc) is 3.27. The number of benzene rings is 1. The van der Waals surface area contributed by atoms with Crippen molar-refractivity contribution in [3.8, 4) is 0 Å². The molecular formula is C19H26N4O3. The molecule has 7 heteroatoms. The number of nitrogens with one attached hydrogen (secondary N) is 1. The maximum Gasteiger partial charge on any atom is 0.233 e. The number of rotatable bonds is 8. The molecule has 2 amide bonds. The molecule has 7 nitrogen and oxygen atoms in total. The predicted octanol–water partition coefficient (Wildman–Crippen LogP) is 2.23. The third kappa shape index (κ3) is 4.22. The van der Waals surface area contributed by atoms with E-state index in [9.17, 15) is 14.8 Å². The summed E-state index contributed by atoms with van der Waals surface area (Å²) in [4.78, 5) is 28.0. The summed E-state index contributed by atoms with van der Waals surface area (Å²) in [5.74, 6) is 0.699. The third-order valence-corrected chi connectivity index (χ3v) is 5.29. The summed E-state index contributed by atoms with van der Waals surface area (Å²) in [5, 5.41) is 13.0. The molecule has 1 heterocycles. The van der Waals surface area contributed by atoms with Crippen LogP contribution >= 0.6 is 0 Å². The van der Waals surface area contributed by atoms with Gasteiger partial charge in [0.2, 0.25) is 12.3 Å². The van der Waals surface area contributed by atoms with Crippen LogP contribution in [-0.4, -0.2) is 38.7 Å². The van der Waals surface area contributed by atoms with Crippen molar-refractivity contribution in [3.05, 3.63) is 30.1 Å². The Bertz CT molecular complexity index is 767. The summed E-state index contributed by atoms with van der Waals surface area (Å²) in [7, 11) is 1.93. The lowest BCUT2D eigenvalue weighted by atomic mass is 9.92. The number of carbonyl (C=O) groups is 2. The number of para-hydroxylation sites is 2. The van der Waals surface area contributed by atoms with Gasteiger partial charge in [0.15, 0.2) is 0 Å². The van der Waals surface area contributed by atoms with Crippen LogP contribution in [0.4, 0.5) is 0 Å². The van der Waals surface area contributed by atoms with E-state index in [0.29, 0.717) is 30.4 Å². The van der Waals surface area contributed by atoms with Crippen LogP contribution in [-0.2, 0) is 23.2 Å². The smallest absolute Gasteiger partial charge is 0.233 e. The number of hydrogen-bond acceptors (Lipinski definition) is 4. The molecule has 140 valence electrons. The van der Waals surface area contributed by atoms with Gasteiger partial charge in [-0.3, -0.25) is 14.8 Å². The largest absolute Gasteiger partial charge is 0.349 e. The summed E-state index contributed by atoms with van der Waals surface area (Å²) in [6, 6.07) is 7.82. The monoisotopic (exact) mass is 358 g/mol. The van der Waals surface area contributed by atoms with Gasteiger partial charge in [-0.25, -0.2) is 10.0 Å². The van der Waals surface area contributed by atoms with Crippen LogP contribution < -0.4 is 5.32 Å². The van der Waals surface area contributed by atoms with Crippen molar-refractivity contribution in [1.29, 1.82) is 0 Å². The standard InChI is InChI=1S/C19H26N4O3/c1-22-17-9-5-4-8-16(17)21-18(22)11-20-19(25)15(12-23(26)13-24)10-14-6-2-3-7-14/h4-5,8-9,13-15,26H,2-3,6-7,10-12H2,1H3,(H,20,25)/t15-/m0/s1. The molecule has 0 unspecified atom stereocenters. The number of fused-ring (bicyclic) bond motifs is 1. The zero-order valence-corrected chi connectivity index (χ0v) is 15.1. The number of amides is 2. The Labute approximate surface area is 153 Å². The van der Waals surface area contributed by atoms with E-state index in [4.69, 9.17) is 0 Å². The first-order valence-electron chi connectivity index (χ1n) is 9.17. The summed E-state index contributed by atoms with van der Waals surface area (Å²) >= 11 is 0. The maximum atomic E-state index is 12.7. The first kappa shape index (κ1) is 18.4. The number of carbonyl (C=O) groups excluding carboxylic acids is 2. The average molecular weight is 358 g/mol. The van der Waals surface area contributed by atoms with Crippen molar-refractivity contribution in [3.63, 3.8) is 0 Å². The molecule has 1 aliphatic rings. The molecule has 0 aliphatic heterocycles. The molecule has 2 aromatic rings. The first-order chi connectivity index (χ1) is 12.6. The quantitative estimate of drug-likeness (QED) is 0.430. The Morgan fingerprint density at radius 3 is 2.85 bits per heavy atom. The molecule has 1 saturated carbocycles. The van der Waals surface area contributed by atoms with Gasteiger partial charge in [-0.15, -0.1) is 0 Å². The zero-order valence-electron chi connectivity index (χ0n) is 15.1. The minimum absolute atomic E-state index is 0.0222.